The van der Waals surface area contributed by atoms with E-state index < -0.39 is 11.7 Å². The molecule has 1 aliphatic heterocycles. The van der Waals surface area contributed by atoms with Crippen molar-refractivity contribution in [3.8, 4) is 34.6 Å². The van der Waals surface area contributed by atoms with Gasteiger partial charge in [-0.2, -0.15) is 18.2 Å². The Morgan fingerprint density at radius 3 is 2.38 bits per heavy atom. The van der Waals surface area contributed by atoms with Crippen LogP contribution in [0.25, 0.3) is 33.9 Å². The lowest BCUT2D eigenvalue weighted by atomic mass is 10.1. The van der Waals surface area contributed by atoms with Gasteiger partial charge in [-0.3, -0.25) is 9.69 Å². The molecule has 0 saturated carbocycles. The molecular formula is C34H28F3N7O3. The third-order valence-corrected chi connectivity index (χ3v) is 8.11. The zero-order chi connectivity index (χ0) is 32.5. The molecule has 10 nitrogen and oxygen atoms in total. The van der Waals surface area contributed by atoms with Gasteiger partial charge in [0.25, 0.3) is 11.8 Å². The van der Waals surface area contributed by atoms with Crippen molar-refractivity contribution in [3.63, 3.8) is 0 Å². The number of aryl methyl sites for hydroxylation is 1. The molecule has 3 aromatic carbocycles. The minimum atomic E-state index is -4.44. The average Bonchev–Trinajstić information content (AvgIpc) is 3.71. The highest BCUT2D eigenvalue weighted by atomic mass is 19.4. The Kier molecular flexibility index (Phi) is 7.90. The van der Waals surface area contributed by atoms with Gasteiger partial charge in [-0.1, -0.05) is 47.6 Å². The van der Waals surface area contributed by atoms with E-state index in [0.29, 0.717) is 30.1 Å². The molecule has 0 aliphatic carbocycles. The zero-order valence-electron chi connectivity index (χ0n) is 25.2. The molecular weight excluding hydrogens is 611 g/mol. The maximum Gasteiger partial charge on any atom is 0.416 e. The number of aromatic nitrogens is 5. The Balaban J connectivity index is 0.996. The first-order chi connectivity index (χ1) is 22.7. The maximum absolute atomic E-state index is 13.5. The number of nitrogens with zero attached hydrogens (tertiary/aromatic N) is 7. The summed E-state index contributed by atoms with van der Waals surface area (Å²) in [6.07, 6.45) is -1.63. The number of carbonyl (C=O) groups excluding carboxylic acids is 1. The van der Waals surface area contributed by atoms with Crippen LogP contribution in [0.15, 0.2) is 95.8 Å². The van der Waals surface area contributed by atoms with Crippen molar-refractivity contribution in [2.75, 3.05) is 26.2 Å². The zero-order valence-corrected chi connectivity index (χ0v) is 25.2. The fraction of sp³-hybridized carbons (Fsp3) is 0.206. The van der Waals surface area contributed by atoms with Crippen molar-refractivity contribution in [1.82, 2.24) is 34.5 Å². The predicted octanol–water partition coefficient (Wildman–Crippen LogP) is 6.45. The third-order valence-electron chi connectivity index (χ3n) is 8.11. The second-order valence-electron chi connectivity index (χ2n) is 11.2. The second-order valence-corrected chi connectivity index (χ2v) is 11.2. The van der Waals surface area contributed by atoms with Crippen LogP contribution in [0.3, 0.4) is 0 Å². The molecule has 1 aliphatic rings. The van der Waals surface area contributed by atoms with E-state index in [0.717, 1.165) is 42.7 Å². The van der Waals surface area contributed by atoms with Crippen molar-refractivity contribution >= 4 is 16.8 Å². The van der Waals surface area contributed by atoms with E-state index in [2.05, 4.69) is 37.1 Å². The number of hydrogen-bond donors (Lipinski definition) is 0. The van der Waals surface area contributed by atoms with Gasteiger partial charge < -0.3 is 18.7 Å². The minimum absolute atomic E-state index is 0.00510. The summed E-state index contributed by atoms with van der Waals surface area (Å²) in [6.45, 7) is 3.83. The first-order valence-corrected chi connectivity index (χ1v) is 14.9. The normalized spacial score (nSPS) is 14.1. The first kappa shape index (κ1) is 30.1. The monoisotopic (exact) mass is 639 g/mol. The first-order valence-electron chi connectivity index (χ1n) is 14.9. The summed E-state index contributed by atoms with van der Waals surface area (Å²) in [5.74, 6) is 0.898. The third kappa shape index (κ3) is 6.42. The molecule has 0 N–H and O–H groups in total. The SMILES string of the molecule is Cn1c(C(=O)N2CCN(Cc3ccccc3)CC2)cc2ccc(Oc3cnc(-c4nc(-c5ccc(C(F)(F)F)cc5)no4)cn3)cc21. The summed E-state index contributed by atoms with van der Waals surface area (Å²) in [5, 5.41) is 4.76. The van der Waals surface area contributed by atoms with E-state index in [1.807, 2.05) is 52.9 Å². The highest BCUT2D eigenvalue weighted by molar-refractivity contribution is 5.99. The quantitative estimate of drug-likeness (QED) is 0.196. The molecule has 0 radical (unpaired) electrons. The summed E-state index contributed by atoms with van der Waals surface area (Å²) in [7, 11) is 1.86. The molecule has 7 rings (SSSR count). The summed E-state index contributed by atoms with van der Waals surface area (Å²) >= 11 is 0. The molecule has 1 amide bonds. The fourth-order valence-electron chi connectivity index (χ4n) is 5.54. The van der Waals surface area contributed by atoms with Crippen LogP contribution in [0.4, 0.5) is 13.2 Å². The van der Waals surface area contributed by atoms with E-state index in [9.17, 15) is 18.0 Å². The molecule has 238 valence electrons. The lowest BCUT2D eigenvalue weighted by molar-refractivity contribution is -0.137. The molecule has 6 aromatic rings. The molecule has 47 heavy (non-hydrogen) atoms. The lowest BCUT2D eigenvalue weighted by Gasteiger charge is -2.34. The Hall–Kier alpha value is -5.56. The predicted molar refractivity (Wildman–Crippen MR) is 166 cm³/mol. The van der Waals surface area contributed by atoms with Crippen LogP contribution in [-0.2, 0) is 19.8 Å². The van der Waals surface area contributed by atoms with Crippen molar-refractivity contribution in [3.05, 3.63) is 108 Å². The molecule has 0 atom stereocenters. The molecule has 1 saturated heterocycles. The fourth-order valence-corrected chi connectivity index (χ4v) is 5.54. The van der Waals surface area contributed by atoms with Gasteiger partial charge in [0.1, 0.15) is 17.1 Å². The molecule has 13 heteroatoms. The van der Waals surface area contributed by atoms with Gasteiger partial charge in [0.15, 0.2) is 0 Å². The summed E-state index contributed by atoms with van der Waals surface area (Å²) in [4.78, 5) is 30.6. The molecule has 1 fully saturated rings. The highest BCUT2D eigenvalue weighted by Crippen LogP contribution is 2.31. The number of piperazine rings is 1. The van der Waals surface area contributed by atoms with E-state index in [1.165, 1.54) is 30.1 Å². The molecule has 0 bridgehead atoms. The van der Waals surface area contributed by atoms with Gasteiger partial charge in [-0.25, -0.2) is 9.97 Å². The van der Waals surface area contributed by atoms with Gasteiger partial charge in [-0.05, 0) is 35.9 Å². The number of alkyl halides is 3. The van der Waals surface area contributed by atoms with Crippen LogP contribution < -0.4 is 4.74 Å². The Morgan fingerprint density at radius 1 is 0.915 bits per heavy atom. The van der Waals surface area contributed by atoms with Crippen molar-refractivity contribution in [2.45, 2.75) is 12.7 Å². The molecule has 3 aromatic heterocycles. The molecule has 4 heterocycles. The Morgan fingerprint density at radius 2 is 1.68 bits per heavy atom. The number of halogens is 3. The van der Waals surface area contributed by atoms with Crippen molar-refractivity contribution in [2.24, 2.45) is 7.05 Å². The largest absolute Gasteiger partial charge is 0.437 e. The summed E-state index contributed by atoms with van der Waals surface area (Å²) in [5.41, 5.74) is 2.57. The van der Waals surface area contributed by atoms with Gasteiger partial charge in [0, 0.05) is 56.8 Å². The summed E-state index contributed by atoms with van der Waals surface area (Å²) < 4.78 is 51.7. The van der Waals surface area contributed by atoms with Crippen LogP contribution in [0.2, 0.25) is 0 Å². The van der Waals surface area contributed by atoms with Gasteiger partial charge in [0.05, 0.1) is 23.5 Å². The lowest BCUT2D eigenvalue weighted by Crippen LogP contribution is -2.48. The number of amides is 1. The minimum Gasteiger partial charge on any atom is -0.437 e. The number of fused-ring (bicyclic) bond motifs is 1. The van der Waals surface area contributed by atoms with E-state index in [1.54, 1.807) is 6.07 Å². The van der Waals surface area contributed by atoms with Crippen LogP contribution in [0.5, 0.6) is 11.6 Å². The average molecular weight is 640 g/mol. The number of benzene rings is 3. The van der Waals surface area contributed by atoms with Crippen LogP contribution >= 0.6 is 0 Å². The second kappa shape index (κ2) is 12.3. The van der Waals surface area contributed by atoms with E-state index >= 15 is 0 Å². The summed E-state index contributed by atoms with van der Waals surface area (Å²) in [6, 6.07) is 22.2. The topological polar surface area (TPSA) is 102 Å². The van der Waals surface area contributed by atoms with Crippen molar-refractivity contribution in [1.29, 1.82) is 0 Å². The Labute approximate surface area is 267 Å². The number of rotatable bonds is 7. The van der Waals surface area contributed by atoms with Crippen LogP contribution in [0.1, 0.15) is 21.6 Å². The van der Waals surface area contributed by atoms with Crippen molar-refractivity contribution < 1.29 is 27.2 Å². The van der Waals surface area contributed by atoms with Gasteiger partial charge >= 0.3 is 6.18 Å². The molecule has 0 spiro atoms. The van der Waals surface area contributed by atoms with Crippen LogP contribution in [-0.4, -0.2) is 66.6 Å². The van der Waals surface area contributed by atoms with E-state index in [-0.39, 0.29) is 29.2 Å². The van der Waals surface area contributed by atoms with Gasteiger partial charge in [0.2, 0.25) is 11.7 Å². The molecule has 0 unspecified atom stereocenters. The standard InChI is InChI=1S/C34H28F3N7O3/c1-42-28-18-26(12-9-24(28)17-29(42)33(45)44-15-13-43(14-16-44)21-22-5-3-2-4-6-22)46-30-20-38-27(19-39-30)32-40-31(41-47-32)23-7-10-25(11-8-23)34(35,36)37/h2-12,17-20H,13-16,21H2,1H3. The number of ether oxygens (including phenoxy) is 1. The van der Waals surface area contributed by atoms with Crippen LogP contribution in [0, 0.1) is 0 Å². The highest BCUT2D eigenvalue weighted by Gasteiger charge is 2.30. The Bertz CT molecular complexity index is 2020. The maximum atomic E-state index is 13.5. The smallest absolute Gasteiger partial charge is 0.416 e. The number of hydrogen-bond acceptors (Lipinski definition) is 8. The number of carbonyl (C=O) groups is 1. The van der Waals surface area contributed by atoms with Gasteiger partial charge in [-0.15, -0.1) is 0 Å². The van der Waals surface area contributed by atoms with E-state index in [4.69, 9.17) is 9.26 Å².